The number of anilines is 1. The second-order valence-electron chi connectivity index (χ2n) is 5.93. The molecule has 7 nitrogen and oxygen atoms in total. The Bertz CT molecular complexity index is 910. The zero-order valence-corrected chi connectivity index (χ0v) is 15.0. The van der Waals surface area contributed by atoms with Gasteiger partial charge in [0.25, 0.3) is 0 Å². The number of nitrogens with zero attached hydrogens (tertiary/aromatic N) is 6. The van der Waals surface area contributed by atoms with E-state index in [4.69, 9.17) is 0 Å². The Balaban J connectivity index is 1.76. The van der Waals surface area contributed by atoms with Crippen molar-refractivity contribution in [1.29, 1.82) is 5.26 Å². The van der Waals surface area contributed by atoms with Gasteiger partial charge in [-0.1, -0.05) is 38.1 Å². The van der Waals surface area contributed by atoms with Gasteiger partial charge >= 0.3 is 0 Å². The number of rotatable bonds is 7. The predicted molar refractivity (Wildman–Crippen MR) is 98.4 cm³/mol. The lowest BCUT2D eigenvalue weighted by atomic mass is 10.0. The van der Waals surface area contributed by atoms with Gasteiger partial charge in [-0.15, -0.1) is 5.10 Å². The maximum Gasteiger partial charge on any atom is 0.167 e. The van der Waals surface area contributed by atoms with Crippen LogP contribution in [0.5, 0.6) is 0 Å². The van der Waals surface area contributed by atoms with Gasteiger partial charge in [-0.25, -0.2) is 9.67 Å². The molecule has 1 aromatic carbocycles. The lowest BCUT2D eigenvalue weighted by molar-refractivity contribution is 0.684. The minimum absolute atomic E-state index is 0.545. The molecule has 0 aliphatic carbocycles. The Kier molecular flexibility index (Phi) is 5.54. The van der Waals surface area contributed by atoms with E-state index in [2.05, 4.69) is 43.8 Å². The summed E-state index contributed by atoms with van der Waals surface area (Å²) in [5.41, 5.74) is 4.71. The van der Waals surface area contributed by atoms with Crippen LogP contribution in [-0.2, 0) is 25.9 Å². The standard InChI is InChI=1S/C19H21N7/c1-3-16-17(9-20)19(25-24-18(16)4-2)22-10-14-6-5-7-15(8-14)11-26-13-21-12-23-26/h5-8,12-13H,3-4,10-11H2,1-2H3,(H,22,25). The number of nitriles is 1. The quantitative estimate of drug-likeness (QED) is 0.706. The molecule has 0 bridgehead atoms. The molecule has 7 heteroatoms. The third-order valence-electron chi connectivity index (χ3n) is 4.22. The molecule has 2 heterocycles. The van der Waals surface area contributed by atoms with Gasteiger partial charge in [-0.2, -0.15) is 15.5 Å². The normalized spacial score (nSPS) is 10.5. The highest BCUT2D eigenvalue weighted by Crippen LogP contribution is 2.20. The summed E-state index contributed by atoms with van der Waals surface area (Å²) in [7, 11) is 0. The third kappa shape index (κ3) is 3.86. The molecule has 0 spiro atoms. The van der Waals surface area contributed by atoms with Crippen molar-refractivity contribution < 1.29 is 0 Å². The van der Waals surface area contributed by atoms with Crippen molar-refractivity contribution in [3.8, 4) is 6.07 Å². The van der Waals surface area contributed by atoms with E-state index in [1.54, 1.807) is 11.0 Å². The summed E-state index contributed by atoms with van der Waals surface area (Å²) in [4.78, 5) is 3.96. The number of hydrogen-bond acceptors (Lipinski definition) is 6. The molecule has 0 radical (unpaired) electrons. The van der Waals surface area contributed by atoms with Crippen LogP contribution >= 0.6 is 0 Å². The number of hydrogen-bond donors (Lipinski definition) is 1. The van der Waals surface area contributed by atoms with Gasteiger partial charge in [0.15, 0.2) is 5.82 Å². The summed E-state index contributed by atoms with van der Waals surface area (Å²) in [6.07, 6.45) is 4.76. The number of aryl methyl sites for hydroxylation is 1. The predicted octanol–water partition coefficient (Wildman–Crippen LogP) is 2.72. The molecule has 0 amide bonds. The smallest absolute Gasteiger partial charge is 0.167 e. The number of nitrogens with one attached hydrogen (secondary N) is 1. The first-order chi connectivity index (χ1) is 12.7. The van der Waals surface area contributed by atoms with Gasteiger partial charge in [0.05, 0.1) is 12.2 Å². The van der Waals surface area contributed by atoms with Crippen LogP contribution < -0.4 is 5.32 Å². The third-order valence-corrected chi connectivity index (χ3v) is 4.22. The van der Waals surface area contributed by atoms with Gasteiger partial charge in [-0.05, 0) is 29.5 Å². The highest BCUT2D eigenvalue weighted by Gasteiger charge is 2.14. The SMILES string of the molecule is CCc1nnc(NCc2cccc(Cn3cncn3)c2)c(C#N)c1CC. The second kappa shape index (κ2) is 8.21. The average molecular weight is 347 g/mol. The first-order valence-electron chi connectivity index (χ1n) is 8.67. The van der Waals surface area contributed by atoms with Crippen molar-refractivity contribution in [3.05, 3.63) is 64.9 Å². The second-order valence-corrected chi connectivity index (χ2v) is 5.93. The first kappa shape index (κ1) is 17.5. The van der Waals surface area contributed by atoms with Crippen molar-refractivity contribution in [1.82, 2.24) is 25.0 Å². The van der Waals surface area contributed by atoms with Gasteiger partial charge in [0.2, 0.25) is 0 Å². The highest BCUT2D eigenvalue weighted by molar-refractivity contribution is 5.56. The Labute approximate surface area is 152 Å². The van der Waals surface area contributed by atoms with Crippen LogP contribution in [0.25, 0.3) is 0 Å². The molecule has 0 saturated heterocycles. The van der Waals surface area contributed by atoms with E-state index < -0.39 is 0 Å². The van der Waals surface area contributed by atoms with E-state index in [0.717, 1.165) is 35.2 Å². The molecule has 26 heavy (non-hydrogen) atoms. The summed E-state index contributed by atoms with van der Waals surface area (Å²) in [6.45, 7) is 5.30. The Morgan fingerprint density at radius 3 is 2.69 bits per heavy atom. The molecule has 0 fully saturated rings. The number of benzene rings is 1. The zero-order valence-electron chi connectivity index (χ0n) is 15.0. The average Bonchev–Trinajstić information content (AvgIpc) is 3.18. The van der Waals surface area contributed by atoms with Crippen LogP contribution in [0.2, 0.25) is 0 Å². The van der Waals surface area contributed by atoms with E-state index >= 15 is 0 Å². The molecule has 1 N–H and O–H groups in total. The summed E-state index contributed by atoms with van der Waals surface area (Å²) in [5, 5.41) is 25.4. The topological polar surface area (TPSA) is 92.3 Å². The van der Waals surface area contributed by atoms with Gasteiger partial charge in [-0.3, -0.25) is 0 Å². The Hall–Kier alpha value is -3.27. The Morgan fingerprint density at radius 2 is 2.00 bits per heavy atom. The molecule has 0 unspecified atom stereocenters. The summed E-state index contributed by atoms with van der Waals surface area (Å²) in [6, 6.07) is 10.5. The summed E-state index contributed by atoms with van der Waals surface area (Å²) < 4.78 is 1.78. The minimum Gasteiger partial charge on any atom is -0.363 e. The maximum absolute atomic E-state index is 9.56. The molecular formula is C19H21N7. The van der Waals surface area contributed by atoms with Crippen molar-refractivity contribution in [2.24, 2.45) is 0 Å². The van der Waals surface area contributed by atoms with Crippen LogP contribution in [0, 0.1) is 11.3 Å². The molecular weight excluding hydrogens is 326 g/mol. The Morgan fingerprint density at radius 1 is 1.15 bits per heavy atom. The zero-order chi connectivity index (χ0) is 18.4. The molecule has 0 atom stereocenters. The van der Waals surface area contributed by atoms with E-state index in [9.17, 15) is 5.26 Å². The number of aromatic nitrogens is 5. The van der Waals surface area contributed by atoms with E-state index in [1.165, 1.54) is 6.33 Å². The molecule has 132 valence electrons. The largest absolute Gasteiger partial charge is 0.363 e. The fourth-order valence-corrected chi connectivity index (χ4v) is 2.94. The van der Waals surface area contributed by atoms with Crippen LogP contribution in [0.4, 0.5) is 5.82 Å². The highest BCUT2D eigenvalue weighted by atomic mass is 15.3. The van der Waals surface area contributed by atoms with E-state index in [1.807, 2.05) is 26.0 Å². The molecule has 3 aromatic rings. The van der Waals surface area contributed by atoms with Crippen molar-refractivity contribution in [3.63, 3.8) is 0 Å². The summed E-state index contributed by atoms with van der Waals surface area (Å²) in [5.74, 6) is 0.545. The van der Waals surface area contributed by atoms with Crippen molar-refractivity contribution in [2.75, 3.05) is 5.32 Å². The molecule has 3 rings (SSSR count). The van der Waals surface area contributed by atoms with Crippen LogP contribution in [0.15, 0.2) is 36.9 Å². The molecule has 0 aliphatic rings. The maximum atomic E-state index is 9.56. The van der Waals surface area contributed by atoms with Crippen LogP contribution in [-0.4, -0.2) is 25.0 Å². The monoisotopic (exact) mass is 347 g/mol. The lowest BCUT2D eigenvalue weighted by Crippen LogP contribution is -2.10. The van der Waals surface area contributed by atoms with E-state index in [-0.39, 0.29) is 0 Å². The van der Waals surface area contributed by atoms with Crippen molar-refractivity contribution >= 4 is 5.82 Å². The van der Waals surface area contributed by atoms with E-state index in [0.29, 0.717) is 24.5 Å². The molecule has 0 saturated carbocycles. The van der Waals surface area contributed by atoms with Crippen LogP contribution in [0.3, 0.4) is 0 Å². The minimum atomic E-state index is 0.545. The van der Waals surface area contributed by atoms with Crippen LogP contribution in [0.1, 0.15) is 41.8 Å². The molecule has 2 aromatic heterocycles. The summed E-state index contributed by atoms with van der Waals surface area (Å²) >= 11 is 0. The fraction of sp³-hybridized carbons (Fsp3) is 0.316. The van der Waals surface area contributed by atoms with Gasteiger partial charge in [0.1, 0.15) is 24.3 Å². The van der Waals surface area contributed by atoms with Gasteiger partial charge < -0.3 is 5.32 Å². The molecule has 0 aliphatic heterocycles. The van der Waals surface area contributed by atoms with Crippen molar-refractivity contribution in [2.45, 2.75) is 39.8 Å². The first-order valence-corrected chi connectivity index (χ1v) is 8.67. The lowest BCUT2D eigenvalue weighted by Gasteiger charge is -2.12. The van der Waals surface area contributed by atoms with Gasteiger partial charge in [0, 0.05) is 6.54 Å². The fourth-order valence-electron chi connectivity index (χ4n) is 2.94.